The number of hydrogen-bond donors (Lipinski definition) is 2. The number of carbonyl (C=O) groups is 1. The first kappa shape index (κ1) is 23.9. The number of aliphatic hydroxyl groups is 1. The minimum Gasteiger partial charge on any atom is -0.392 e. The average Bonchev–Trinajstić information content (AvgIpc) is 3.33. The lowest BCUT2D eigenvalue weighted by atomic mass is 9.94. The van der Waals surface area contributed by atoms with Crippen LogP contribution in [0.15, 0.2) is 48.5 Å². The van der Waals surface area contributed by atoms with Crippen LogP contribution in [-0.2, 0) is 6.61 Å². The molecule has 0 unspecified atom stereocenters. The second-order valence-corrected chi connectivity index (χ2v) is 10.3. The molecule has 2 N–H and O–H groups in total. The number of amides is 1. The van der Waals surface area contributed by atoms with E-state index >= 15 is 0 Å². The number of anilines is 2. The molecule has 3 aromatic rings. The van der Waals surface area contributed by atoms with Gasteiger partial charge in [-0.05, 0) is 54.8 Å². The van der Waals surface area contributed by atoms with Gasteiger partial charge in [-0.2, -0.15) is 0 Å². The van der Waals surface area contributed by atoms with Crippen molar-refractivity contribution in [3.63, 3.8) is 0 Å². The molecular formula is C27H31FN4O2S. The topological polar surface area (TPSA) is 68.7 Å². The number of piperazine rings is 1. The number of rotatable bonds is 6. The Labute approximate surface area is 209 Å². The third-order valence-corrected chi connectivity index (χ3v) is 8.07. The van der Waals surface area contributed by atoms with Gasteiger partial charge in [-0.3, -0.25) is 15.0 Å². The van der Waals surface area contributed by atoms with Crippen molar-refractivity contribution in [3.8, 4) is 11.3 Å². The molecule has 1 saturated carbocycles. The van der Waals surface area contributed by atoms with Gasteiger partial charge in [0.15, 0.2) is 5.13 Å². The number of halogens is 1. The zero-order valence-electron chi connectivity index (χ0n) is 19.8. The van der Waals surface area contributed by atoms with E-state index in [1.165, 1.54) is 55.6 Å². The lowest BCUT2D eigenvalue weighted by molar-refractivity contribution is 0.102. The highest BCUT2D eigenvalue weighted by atomic mass is 32.1. The molecule has 6 nitrogen and oxygen atoms in total. The molecule has 5 rings (SSSR count). The van der Waals surface area contributed by atoms with Crippen molar-refractivity contribution < 1.29 is 14.3 Å². The molecule has 2 aliphatic rings. The Balaban J connectivity index is 1.36. The van der Waals surface area contributed by atoms with Crippen molar-refractivity contribution in [1.29, 1.82) is 0 Å². The summed E-state index contributed by atoms with van der Waals surface area (Å²) in [4.78, 5) is 22.6. The standard InChI is InChI=1S/C27H31FN4O2S/c28-22-12-10-20(11-13-22)24-26(32-16-14-31(15-17-32)23-4-2-1-3-5-23)35-27(29-24)30-25(34)21-8-6-19(18-33)7-9-21/h6-13,23,33H,1-5,14-18H2,(H,29,30,34). The summed E-state index contributed by atoms with van der Waals surface area (Å²) < 4.78 is 13.6. The molecule has 8 heteroatoms. The van der Waals surface area contributed by atoms with Crippen LogP contribution in [0.2, 0.25) is 0 Å². The fourth-order valence-electron chi connectivity index (χ4n) is 5.04. The fraction of sp³-hybridized carbons (Fsp3) is 0.407. The fourth-order valence-corrected chi connectivity index (χ4v) is 6.08. The highest BCUT2D eigenvalue weighted by molar-refractivity contribution is 7.20. The normalized spacial score (nSPS) is 17.5. The smallest absolute Gasteiger partial charge is 0.257 e. The predicted molar refractivity (Wildman–Crippen MR) is 138 cm³/mol. The summed E-state index contributed by atoms with van der Waals surface area (Å²) in [6, 6.07) is 13.9. The molecule has 0 radical (unpaired) electrons. The van der Waals surface area contributed by atoms with Gasteiger partial charge in [0.25, 0.3) is 5.91 Å². The zero-order chi connectivity index (χ0) is 24.2. The van der Waals surface area contributed by atoms with Crippen molar-refractivity contribution >= 4 is 27.4 Å². The Morgan fingerprint density at radius 2 is 1.69 bits per heavy atom. The molecule has 35 heavy (non-hydrogen) atoms. The number of benzene rings is 2. The average molecular weight is 495 g/mol. The van der Waals surface area contributed by atoms with E-state index in [0.29, 0.717) is 16.7 Å². The SMILES string of the molecule is O=C(Nc1nc(-c2ccc(F)cc2)c(N2CCN(C3CCCCC3)CC2)s1)c1ccc(CO)cc1. The van der Waals surface area contributed by atoms with Crippen LogP contribution in [0.5, 0.6) is 0 Å². The van der Waals surface area contributed by atoms with E-state index in [0.717, 1.165) is 48.0 Å². The Hall–Kier alpha value is -2.81. The molecule has 0 bridgehead atoms. The highest BCUT2D eigenvalue weighted by Gasteiger charge is 2.28. The summed E-state index contributed by atoms with van der Waals surface area (Å²) in [5.41, 5.74) is 2.86. The number of carbonyl (C=O) groups excluding carboxylic acids is 1. The van der Waals surface area contributed by atoms with Gasteiger partial charge in [-0.25, -0.2) is 9.37 Å². The lowest BCUT2D eigenvalue weighted by Gasteiger charge is -2.41. The van der Waals surface area contributed by atoms with Crippen LogP contribution in [0, 0.1) is 5.82 Å². The number of nitrogens with zero attached hydrogens (tertiary/aromatic N) is 3. The van der Waals surface area contributed by atoms with Gasteiger partial charge >= 0.3 is 0 Å². The maximum Gasteiger partial charge on any atom is 0.257 e. The van der Waals surface area contributed by atoms with E-state index in [2.05, 4.69) is 15.1 Å². The van der Waals surface area contributed by atoms with E-state index in [1.807, 2.05) is 0 Å². The van der Waals surface area contributed by atoms with E-state index in [-0.39, 0.29) is 18.3 Å². The Kier molecular flexibility index (Phi) is 7.41. The number of hydrogen-bond acceptors (Lipinski definition) is 6. The zero-order valence-corrected chi connectivity index (χ0v) is 20.6. The largest absolute Gasteiger partial charge is 0.392 e. The van der Waals surface area contributed by atoms with Crippen LogP contribution in [0.3, 0.4) is 0 Å². The summed E-state index contributed by atoms with van der Waals surface area (Å²) in [5, 5.41) is 13.7. The van der Waals surface area contributed by atoms with Gasteiger partial charge in [0.2, 0.25) is 0 Å². The quantitative estimate of drug-likeness (QED) is 0.496. The van der Waals surface area contributed by atoms with Crippen LogP contribution in [0.4, 0.5) is 14.5 Å². The van der Waals surface area contributed by atoms with E-state index in [4.69, 9.17) is 4.98 Å². The van der Waals surface area contributed by atoms with Gasteiger partial charge in [0.05, 0.1) is 6.61 Å². The first-order valence-electron chi connectivity index (χ1n) is 12.4. The van der Waals surface area contributed by atoms with Crippen LogP contribution in [0.25, 0.3) is 11.3 Å². The summed E-state index contributed by atoms with van der Waals surface area (Å²) in [7, 11) is 0. The van der Waals surface area contributed by atoms with Crippen molar-refractivity contribution in [2.75, 3.05) is 36.4 Å². The molecule has 1 saturated heterocycles. The van der Waals surface area contributed by atoms with Gasteiger partial charge in [-0.1, -0.05) is 42.7 Å². The molecule has 2 fully saturated rings. The summed E-state index contributed by atoms with van der Waals surface area (Å²) >= 11 is 1.46. The molecule has 0 atom stereocenters. The Bertz CT molecular complexity index is 1130. The summed E-state index contributed by atoms with van der Waals surface area (Å²) in [5.74, 6) is -0.533. The molecule has 2 aromatic carbocycles. The van der Waals surface area contributed by atoms with Crippen molar-refractivity contribution in [2.24, 2.45) is 0 Å². The maximum absolute atomic E-state index is 13.6. The predicted octanol–water partition coefficient (Wildman–Crippen LogP) is 5.15. The van der Waals surface area contributed by atoms with Crippen LogP contribution in [0.1, 0.15) is 48.0 Å². The van der Waals surface area contributed by atoms with Gasteiger partial charge < -0.3 is 10.0 Å². The molecular weight excluding hydrogens is 463 g/mol. The molecule has 0 spiro atoms. The first-order valence-corrected chi connectivity index (χ1v) is 13.2. The maximum atomic E-state index is 13.6. The Morgan fingerprint density at radius 3 is 2.34 bits per heavy atom. The monoisotopic (exact) mass is 494 g/mol. The minimum absolute atomic E-state index is 0.0627. The number of aromatic nitrogens is 1. The van der Waals surface area contributed by atoms with Crippen molar-refractivity contribution in [3.05, 3.63) is 65.5 Å². The first-order chi connectivity index (χ1) is 17.1. The molecule has 1 aliphatic carbocycles. The Morgan fingerprint density at radius 1 is 1.00 bits per heavy atom. The second kappa shape index (κ2) is 10.8. The van der Waals surface area contributed by atoms with Crippen LogP contribution >= 0.6 is 11.3 Å². The van der Waals surface area contributed by atoms with Crippen LogP contribution in [-0.4, -0.2) is 53.1 Å². The van der Waals surface area contributed by atoms with Crippen molar-refractivity contribution in [2.45, 2.75) is 44.8 Å². The van der Waals surface area contributed by atoms with E-state index in [9.17, 15) is 14.3 Å². The number of aliphatic hydroxyl groups excluding tert-OH is 1. The molecule has 1 aliphatic heterocycles. The minimum atomic E-state index is -0.286. The van der Waals surface area contributed by atoms with Crippen molar-refractivity contribution in [1.82, 2.24) is 9.88 Å². The number of nitrogens with one attached hydrogen (secondary N) is 1. The number of thiazole rings is 1. The molecule has 184 valence electrons. The summed E-state index contributed by atoms with van der Waals surface area (Å²) in [6.07, 6.45) is 6.63. The summed E-state index contributed by atoms with van der Waals surface area (Å²) in [6.45, 7) is 3.78. The highest BCUT2D eigenvalue weighted by Crippen LogP contribution is 2.39. The van der Waals surface area contributed by atoms with Gasteiger partial charge in [0, 0.05) is 43.3 Å². The lowest BCUT2D eigenvalue weighted by Crippen LogP contribution is -2.50. The van der Waals surface area contributed by atoms with Gasteiger partial charge in [0.1, 0.15) is 16.5 Å². The van der Waals surface area contributed by atoms with Gasteiger partial charge in [-0.15, -0.1) is 0 Å². The van der Waals surface area contributed by atoms with Crippen LogP contribution < -0.4 is 10.2 Å². The second-order valence-electron chi connectivity index (χ2n) is 9.30. The molecule has 1 amide bonds. The molecule has 1 aromatic heterocycles. The third kappa shape index (κ3) is 5.55. The van der Waals surface area contributed by atoms with E-state index in [1.54, 1.807) is 36.4 Å². The van der Waals surface area contributed by atoms with E-state index < -0.39 is 0 Å². The third-order valence-electron chi connectivity index (χ3n) is 7.04. The molecule has 2 heterocycles.